The molecule has 0 spiro atoms. The van der Waals surface area contributed by atoms with Gasteiger partial charge in [-0.2, -0.15) is 0 Å². The van der Waals surface area contributed by atoms with E-state index in [2.05, 4.69) is 34.4 Å². The molecule has 0 aromatic carbocycles. The monoisotopic (exact) mass is 387 g/mol. The summed E-state index contributed by atoms with van der Waals surface area (Å²) in [4.78, 5) is 14.8. The third-order valence-corrected chi connectivity index (χ3v) is 5.46. The van der Waals surface area contributed by atoms with E-state index in [1.807, 2.05) is 18.3 Å². The number of aryl methyl sites for hydroxylation is 1. The van der Waals surface area contributed by atoms with Crippen LogP contribution in [0.2, 0.25) is 0 Å². The summed E-state index contributed by atoms with van der Waals surface area (Å²) in [6.07, 6.45) is 9.65. The number of hydrogen-bond acceptors (Lipinski definition) is 5. The van der Waals surface area contributed by atoms with Crippen molar-refractivity contribution in [3.63, 3.8) is 0 Å². The lowest BCUT2D eigenvalue weighted by Gasteiger charge is -2.15. The largest absolute Gasteiger partial charge is 0.474 e. The highest BCUT2D eigenvalue weighted by Gasteiger charge is 2.18. The predicted molar refractivity (Wildman–Crippen MR) is 110 cm³/mol. The molecule has 2 N–H and O–H groups in total. The van der Waals surface area contributed by atoms with Crippen molar-refractivity contribution in [2.75, 3.05) is 13.1 Å². The summed E-state index contributed by atoms with van der Waals surface area (Å²) < 4.78 is 6.11. The van der Waals surface area contributed by atoms with Gasteiger partial charge in [0.2, 0.25) is 5.88 Å². The Labute approximate surface area is 165 Å². The molecule has 0 radical (unpaired) electrons. The summed E-state index contributed by atoms with van der Waals surface area (Å²) in [5, 5.41) is 7.83. The molecule has 1 fully saturated rings. The molecule has 1 saturated carbocycles. The van der Waals surface area contributed by atoms with E-state index in [4.69, 9.17) is 9.73 Å². The normalized spacial score (nSPS) is 15.1. The van der Waals surface area contributed by atoms with Crippen molar-refractivity contribution in [3.05, 3.63) is 40.0 Å². The van der Waals surface area contributed by atoms with Crippen LogP contribution in [0.25, 0.3) is 0 Å². The van der Waals surface area contributed by atoms with Gasteiger partial charge in [0.1, 0.15) is 6.10 Å². The van der Waals surface area contributed by atoms with Gasteiger partial charge in [0.25, 0.3) is 0 Å². The Kier molecular flexibility index (Phi) is 7.45. The zero-order chi connectivity index (χ0) is 18.9. The van der Waals surface area contributed by atoms with Crippen molar-refractivity contribution >= 4 is 17.3 Å². The number of ether oxygens (including phenoxy) is 1. The maximum atomic E-state index is 6.11. The van der Waals surface area contributed by atoms with Crippen LogP contribution >= 0.6 is 11.3 Å². The van der Waals surface area contributed by atoms with Gasteiger partial charge in [0.15, 0.2) is 5.96 Å². The van der Waals surface area contributed by atoms with Crippen LogP contribution < -0.4 is 15.4 Å². The molecule has 0 aliphatic heterocycles. The van der Waals surface area contributed by atoms with Gasteiger partial charge in [-0.3, -0.25) is 0 Å². The second-order valence-electron chi connectivity index (χ2n) is 6.73. The Morgan fingerprint density at radius 1 is 1.30 bits per heavy atom. The van der Waals surface area contributed by atoms with Gasteiger partial charge < -0.3 is 15.4 Å². The van der Waals surface area contributed by atoms with Crippen LogP contribution in [0.4, 0.5) is 0 Å². The molecule has 0 saturated heterocycles. The van der Waals surface area contributed by atoms with Crippen LogP contribution in [-0.2, 0) is 13.0 Å². The van der Waals surface area contributed by atoms with Gasteiger partial charge >= 0.3 is 0 Å². The van der Waals surface area contributed by atoms with E-state index in [1.165, 1.54) is 17.7 Å². The van der Waals surface area contributed by atoms with Crippen LogP contribution in [-0.4, -0.2) is 35.1 Å². The molecule has 0 unspecified atom stereocenters. The molecule has 0 amide bonds. The molecule has 3 rings (SSSR count). The van der Waals surface area contributed by atoms with Gasteiger partial charge in [-0.1, -0.05) is 6.07 Å². The fourth-order valence-electron chi connectivity index (χ4n) is 3.13. The van der Waals surface area contributed by atoms with E-state index in [-0.39, 0.29) is 0 Å². The quantitative estimate of drug-likeness (QED) is 0.536. The smallest absolute Gasteiger partial charge is 0.218 e. The number of guanidine groups is 1. The first-order valence-corrected chi connectivity index (χ1v) is 10.6. The molecule has 2 aromatic rings. The van der Waals surface area contributed by atoms with E-state index in [0.717, 1.165) is 54.8 Å². The number of aliphatic imine (C=N–C) groups is 1. The molecular weight excluding hydrogens is 358 g/mol. The van der Waals surface area contributed by atoms with Crippen LogP contribution in [0, 0.1) is 6.92 Å². The SMILES string of the molecule is CCNC(=NCc1cccnc1OC1CCCC1)NCCc1ncc(C)s1. The van der Waals surface area contributed by atoms with E-state index in [0.29, 0.717) is 12.6 Å². The summed E-state index contributed by atoms with van der Waals surface area (Å²) in [5.41, 5.74) is 1.03. The van der Waals surface area contributed by atoms with Crippen molar-refractivity contribution in [3.8, 4) is 5.88 Å². The summed E-state index contributed by atoms with van der Waals surface area (Å²) in [5.74, 6) is 1.53. The topological polar surface area (TPSA) is 71.4 Å². The number of rotatable bonds is 8. The third-order valence-electron chi connectivity index (χ3n) is 4.48. The molecule has 1 aliphatic carbocycles. The summed E-state index contributed by atoms with van der Waals surface area (Å²) in [7, 11) is 0. The second-order valence-corrected chi connectivity index (χ2v) is 8.05. The molecule has 7 heteroatoms. The van der Waals surface area contributed by atoms with E-state index >= 15 is 0 Å². The van der Waals surface area contributed by atoms with E-state index in [9.17, 15) is 0 Å². The van der Waals surface area contributed by atoms with Gasteiger partial charge in [-0.15, -0.1) is 11.3 Å². The lowest BCUT2D eigenvalue weighted by molar-refractivity contribution is 0.199. The number of aromatic nitrogens is 2. The fourth-order valence-corrected chi connectivity index (χ4v) is 3.91. The molecule has 1 aliphatic rings. The van der Waals surface area contributed by atoms with Gasteiger partial charge in [-0.05, 0) is 45.6 Å². The molecule has 0 bridgehead atoms. The molecular formula is C20H29N5OS. The minimum atomic E-state index is 0.302. The average molecular weight is 388 g/mol. The van der Waals surface area contributed by atoms with Crippen molar-refractivity contribution in [1.29, 1.82) is 0 Å². The van der Waals surface area contributed by atoms with Gasteiger partial charge in [0.05, 0.1) is 11.6 Å². The van der Waals surface area contributed by atoms with E-state index in [1.54, 1.807) is 17.5 Å². The Morgan fingerprint density at radius 3 is 2.89 bits per heavy atom. The fraction of sp³-hybridized carbons (Fsp3) is 0.550. The standard InChI is InChI=1S/C20H29N5OS/c1-3-21-20(23-12-10-18-24-13-15(2)27-18)25-14-16-7-6-11-22-19(16)26-17-8-4-5-9-17/h6-7,11,13,17H,3-5,8-10,12,14H2,1-2H3,(H2,21,23,25). The third kappa shape index (κ3) is 6.20. The molecule has 2 aromatic heterocycles. The van der Waals surface area contributed by atoms with E-state index < -0.39 is 0 Å². The van der Waals surface area contributed by atoms with Crippen LogP contribution in [0.1, 0.15) is 48.1 Å². The molecule has 0 atom stereocenters. The molecule has 146 valence electrons. The maximum Gasteiger partial charge on any atom is 0.218 e. The number of nitrogens with one attached hydrogen (secondary N) is 2. The first-order valence-electron chi connectivity index (χ1n) is 9.78. The number of pyridine rings is 1. The lowest BCUT2D eigenvalue weighted by Crippen LogP contribution is -2.38. The Balaban J connectivity index is 1.57. The molecule has 27 heavy (non-hydrogen) atoms. The first-order chi connectivity index (χ1) is 13.2. The molecule has 2 heterocycles. The summed E-state index contributed by atoms with van der Waals surface area (Å²) >= 11 is 1.74. The molecule has 6 nitrogen and oxygen atoms in total. The highest BCUT2D eigenvalue weighted by molar-refractivity contribution is 7.11. The Hall–Kier alpha value is -2.15. The van der Waals surface area contributed by atoms with Crippen LogP contribution in [0.5, 0.6) is 5.88 Å². The highest BCUT2D eigenvalue weighted by Crippen LogP contribution is 2.25. The summed E-state index contributed by atoms with van der Waals surface area (Å²) in [6, 6.07) is 3.99. The van der Waals surface area contributed by atoms with Crippen LogP contribution in [0.3, 0.4) is 0 Å². The summed E-state index contributed by atoms with van der Waals surface area (Å²) in [6.45, 7) is 6.32. The number of nitrogens with zero attached hydrogens (tertiary/aromatic N) is 3. The zero-order valence-corrected chi connectivity index (χ0v) is 17.0. The number of thiazole rings is 1. The van der Waals surface area contributed by atoms with Crippen molar-refractivity contribution < 1.29 is 4.74 Å². The van der Waals surface area contributed by atoms with Gasteiger partial charge in [0, 0.05) is 42.3 Å². The minimum Gasteiger partial charge on any atom is -0.474 e. The average Bonchev–Trinajstić information content (AvgIpc) is 3.32. The second kappa shape index (κ2) is 10.3. The van der Waals surface area contributed by atoms with Crippen molar-refractivity contribution in [2.24, 2.45) is 4.99 Å². The Bertz CT molecular complexity index is 739. The minimum absolute atomic E-state index is 0.302. The lowest BCUT2D eigenvalue weighted by atomic mass is 10.2. The Morgan fingerprint density at radius 2 is 2.15 bits per heavy atom. The maximum absolute atomic E-state index is 6.11. The highest BCUT2D eigenvalue weighted by atomic mass is 32.1. The van der Waals surface area contributed by atoms with Crippen LogP contribution in [0.15, 0.2) is 29.5 Å². The van der Waals surface area contributed by atoms with Crippen molar-refractivity contribution in [1.82, 2.24) is 20.6 Å². The van der Waals surface area contributed by atoms with Crippen molar-refractivity contribution in [2.45, 2.75) is 58.6 Å². The first kappa shape index (κ1) is 19.6. The predicted octanol–water partition coefficient (Wildman–Crippen LogP) is 3.47. The van der Waals surface area contributed by atoms with Gasteiger partial charge in [-0.25, -0.2) is 15.0 Å². The number of hydrogen-bond donors (Lipinski definition) is 2. The zero-order valence-electron chi connectivity index (χ0n) is 16.2.